The molecule has 1 aromatic heterocycles. The number of para-hydroxylation sites is 1. The second kappa shape index (κ2) is 5.19. The predicted molar refractivity (Wildman–Crippen MR) is 70.4 cm³/mol. The number of nitro groups is 1. The zero-order valence-electron chi connectivity index (χ0n) is 10.3. The van der Waals surface area contributed by atoms with Crippen LogP contribution in [0.2, 0.25) is 5.28 Å². The highest BCUT2D eigenvalue weighted by molar-refractivity contribution is 6.28. The van der Waals surface area contributed by atoms with Gasteiger partial charge in [-0.3, -0.25) is 10.1 Å². The molecule has 0 radical (unpaired) electrons. The summed E-state index contributed by atoms with van der Waals surface area (Å²) in [6.45, 7) is 1.52. The number of benzene rings is 1. The molecule has 2 rings (SSSR count). The maximum Gasteiger partial charge on any atom is 0.316 e. The first kappa shape index (κ1) is 13.2. The fourth-order valence-electron chi connectivity index (χ4n) is 1.78. The molecule has 7 heteroatoms. The van der Waals surface area contributed by atoms with E-state index in [1.54, 1.807) is 24.3 Å². The minimum atomic E-state index is -0.520. The highest BCUT2D eigenvalue weighted by Crippen LogP contribution is 2.36. The number of halogens is 1. The lowest BCUT2D eigenvalue weighted by Crippen LogP contribution is -2.02. The summed E-state index contributed by atoms with van der Waals surface area (Å²) >= 11 is 5.79. The molecule has 1 aromatic carbocycles. The van der Waals surface area contributed by atoms with Crippen molar-refractivity contribution >= 4 is 17.3 Å². The van der Waals surface area contributed by atoms with Crippen molar-refractivity contribution in [2.75, 3.05) is 7.11 Å². The number of ether oxygens (including phenoxy) is 1. The molecule has 0 bridgehead atoms. The number of hydrogen-bond donors (Lipinski definition) is 0. The Hall–Kier alpha value is -2.21. The predicted octanol–water partition coefficient (Wildman–Crippen LogP) is 3.02. The Labute approximate surface area is 114 Å². The van der Waals surface area contributed by atoms with Crippen molar-refractivity contribution in [3.05, 3.63) is 45.4 Å². The lowest BCUT2D eigenvalue weighted by atomic mass is 10.1. The first-order valence-corrected chi connectivity index (χ1v) is 5.74. The minimum absolute atomic E-state index is 0.0380. The molecule has 0 spiro atoms. The highest BCUT2D eigenvalue weighted by Gasteiger charge is 2.24. The fourth-order valence-corrected chi connectivity index (χ4v) is 1.99. The Kier molecular flexibility index (Phi) is 3.62. The number of aromatic nitrogens is 2. The molecule has 0 aliphatic rings. The van der Waals surface area contributed by atoms with Crippen LogP contribution in [0.4, 0.5) is 5.69 Å². The second-order valence-electron chi connectivity index (χ2n) is 3.73. The van der Waals surface area contributed by atoms with Crippen LogP contribution in [0, 0.1) is 17.0 Å². The van der Waals surface area contributed by atoms with Gasteiger partial charge < -0.3 is 4.74 Å². The van der Waals surface area contributed by atoms with Gasteiger partial charge >= 0.3 is 5.69 Å². The Morgan fingerprint density at radius 3 is 2.63 bits per heavy atom. The normalized spacial score (nSPS) is 10.3. The van der Waals surface area contributed by atoms with E-state index in [1.807, 2.05) is 0 Å². The Balaban J connectivity index is 2.77. The SMILES string of the molecule is COc1ccccc1-c1nc(Cl)nc(C)c1[N+](=O)[O-]. The van der Waals surface area contributed by atoms with E-state index in [9.17, 15) is 10.1 Å². The Morgan fingerprint density at radius 2 is 2.00 bits per heavy atom. The molecule has 0 aliphatic carbocycles. The molecule has 0 unspecified atom stereocenters. The largest absolute Gasteiger partial charge is 0.496 e. The quantitative estimate of drug-likeness (QED) is 0.490. The summed E-state index contributed by atoms with van der Waals surface area (Å²) in [6.07, 6.45) is 0. The first-order chi connectivity index (χ1) is 9.04. The van der Waals surface area contributed by atoms with E-state index in [-0.39, 0.29) is 22.4 Å². The lowest BCUT2D eigenvalue weighted by Gasteiger charge is -2.09. The maximum absolute atomic E-state index is 11.2. The molecule has 0 N–H and O–H groups in total. The number of rotatable bonds is 3. The third-order valence-electron chi connectivity index (χ3n) is 2.58. The topological polar surface area (TPSA) is 78.2 Å². The van der Waals surface area contributed by atoms with Crippen molar-refractivity contribution in [2.45, 2.75) is 6.92 Å². The molecule has 19 heavy (non-hydrogen) atoms. The van der Waals surface area contributed by atoms with Crippen molar-refractivity contribution < 1.29 is 9.66 Å². The van der Waals surface area contributed by atoms with Crippen LogP contribution >= 0.6 is 11.6 Å². The molecule has 0 amide bonds. The van der Waals surface area contributed by atoms with Crippen LogP contribution in [0.3, 0.4) is 0 Å². The molecule has 0 fully saturated rings. The molecule has 98 valence electrons. The third-order valence-corrected chi connectivity index (χ3v) is 2.74. The van der Waals surface area contributed by atoms with E-state index in [1.165, 1.54) is 14.0 Å². The van der Waals surface area contributed by atoms with Crippen LogP contribution in [0.15, 0.2) is 24.3 Å². The van der Waals surface area contributed by atoms with Gasteiger partial charge in [-0.25, -0.2) is 9.97 Å². The summed E-state index contributed by atoms with van der Waals surface area (Å²) in [5, 5.41) is 11.1. The summed E-state index contributed by atoms with van der Waals surface area (Å²) in [7, 11) is 1.49. The first-order valence-electron chi connectivity index (χ1n) is 5.36. The molecule has 1 heterocycles. The molecular formula is C12H10ClN3O3. The summed E-state index contributed by atoms with van der Waals surface area (Å²) in [5.74, 6) is 0.486. The van der Waals surface area contributed by atoms with Gasteiger partial charge in [0.15, 0.2) is 5.69 Å². The summed E-state index contributed by atoms with van der Waals surface area (Å²) in [5.41, 5.74) is 0.698. The fraction of sp³-hybridized carbons (Fsp3) is 0.167. The number of hydrogen-bond acceptors (Lipinski definition) is 5. The highest BCUT2D eigenvalue weighted by atomic mass is 35.5. The van der Waals surface area contributed by atoms with E-state index in [4.69, 9.17) is 16.3 Å². The monoisotopic (exact) mass is 279 g/mol. The summed E-state index contributed by atoms with van der Waals surface area (Å²) < 4.78 is 5.19. The van der Waals surface area contributed by atoms with Gasteiger partial charge in [-0.15, -0.1) is 0 Å². The number of aryl methyl sites for hydroxylation is 1. The van der Waals surface area contributed by atoms with Crippen molar-refractivity contribution in [3.63, 3.8) is 0 Å². The summed E-state index contributed by atoms with van der Waals surface area (Å²) in [4.78, 5) is 18.4. The van der Waals surface area contributed by atoms with Crippen molar-refractivity contribution in [1.29, 1.82) is 0 Å². The molecule has 0 saturated carbocycles. The molecule has 0 saturated heterocycles. The van der Waals surface area contributed by atoms with E-state index >= 15 is 0 Å². The Bertz CT molecular complexity index is 646. The van der Waals surface area contributed by atoms with Crippen LogP contribution in [-0.2, 0) is 0 Å². The van der Waals surface area contributed by atoms with Crippen LogP contribution in [0.1, 0.15) is 5.69 Å². The van der Waals surface area contributed by atoms with Crippen molar-refractivity contribution in [3.8, 4) is 17.0 Å². The van der Waals surface area contributed by atoms with E-state index in [0.717, 1.165) is 0 Å². The average Bonchev–Trinajstić information content (AvgIpc) is 2.37. The van der Waals surface area contributed by atoms with Crippen LogP contribution in [0.5, 0.6) is 5.75 Å². The zero-order valence-corrected chi connectivity index (χ0v) is 11.0. The van der Waals surface area contributed by atoms with E-state index in [0.29, 0.717) is 11.3 Å². The molecular weight excluding hydrogens is 270 g/mol. The average molecular weight is 280 g/mol. The molecule has 0 atom stereocenters. The number of methoxy groups -OCH3 is 1. The lowest BCUT2D eigenvalue weighted by molar-refractivity contribution is -0.385. The van der Waals surface area contributed by atoms with Gasteiger partial charge in [0.1, 0.15) is 11.4 Å². The van der Waals surface area contributed by atoms with E-state index in [2.05, 4.69) is 9.97 Å². The van der Waals surface area contributed by atoms with Gasteiger partial charge in [0.05, 0.1) is 12.0 Å². The molecule has 0 aliphatic heterocycles. The van der Waals surface area contributed by atoms with Gasteiger partial charge in [0.25, 0.3) is 0 Å². The standard InChI is InChI=1S/C12H10ClN3O3/c1-7-11(16(17)18)10(15-12(13)14-7)8-5-3-4-6-9(8)19-2/h3-6H,1-2H3. The van der Waals surface area contributed by atoms with Gasteiger partial charge in [-0.1, -0.05) is 12.1 Å². The van der Waals surface area contributed by atoms with Gasteiger partial charge in [-0.05, 0) is 30.7 Å². The van der Waals surface area contributed by atoms with E-state index < -0.39 is 4.92 Å². The number of nitrogens with zero attached hydrogens (tertiary/aromatic N) is 3. The van der Waals surface area contributed by atoms with Gasteiger partial charge in [0.2, 0.25) is 5.28 Å². The zero-order chi connectivity index (χ0) is 14.0. The Morgan fingerprint density at radius 1 is 1.32 bits per heavy atom. The molecule has 2 aromatic rings. The van der Waals surface area contributed by atoms with Crippen LogP contribution < -0.4 is 4.74 Å². The minimum Gasteiger partial charge on any atom is -0.496 e. The van der Waals surface area contributed by atoms with Gasteiger partial charge in [0, 0.05) is 5.56 Å². The van der Waals surface area contributed by atoms with Crippen molar-refractivity contribution in [1.82, 2.24) is 9.97 Å². The summed E-state index contributed by atoms with van der Waals surface area (Å²) in [6, 6.07) is 6.89. The molecule has 6 nitrogen and oxygen atoms in total. The van der Waals surface area contributed by atoms with Crippen LogP contribution in [0.25, 0.3) is 11.3 Å². The van der Waals surface area contributed by atoms with Crippen LogP contribution in [-0.4, -0.2) is 22.0 Å². The van der Waals surface area contributed by atoms with Gasteiger partial charge in [-0.2, -0.15) is 0 Å². The third kappa shape index (κ3) is 2.48. The van der Waals surface area contributed by atoms with Crippen molar-refractivity contribution in [2.24, 2.45) is 0 Å². The smallest absolute Gasteiger partial charge is 0.316 e. The maximum atomic E-state index is 11.2. The second-order valence-corrected chi connectivity index (χ2v) is 4.07.